The van der Waals surface area contributed by atoms with E-state index in [0.717, 1.165) is 24.5 Å². The number of hydrogen-bond donors (Lipinski definition) is 1. The molecule has 0 saturated heterocycles. The number of rotatable bonds is 6. The first-order valence-corrected chi connectivity index (χ1v) is 12.4. The predicted octanol–water partition coefficient (Wildman–Crippen LogP) is 4.25. The zero-order valence-electron chi connectivity index (χ0n) is 17.9. The number of hydrogen-bond acceptors (Lipinski definition) is 7. The Kier molecular flexibility index (Phi) is 6.45. The molecule has 1 aliphatic rings. The first-order valence-electron chi connectivity index (χ1n) is 10.1. The summed E-state index contributed by atoms with van der Waals surface area (Å²) in [6, 6.07) is 9.04. The average Bonchev–Trinajstić information content (AvgIpc) is 2.68. The Morgan fingerprint density at radius 3 is 2.54 bits per heavy atom. The van der Waals surface area contributed by atoms with E-state index in [1.807, 2.05) is 4.72 Å². The quantitative estimate of drug-likeness (QED) is 0.506. The molecule has 2 aromatic carbocycles. The molecule has 1 saturated carbocycles. The molecule has 0 aliphatic heterocycles. The maximum Gasteiger partial charge on any atom is 0.573 e. The van der Waals surface area contributed by atoms with Crippen LogP contribution in [0.4, 0.5) is 13.2 Å². The zero-order valence-corrected chi connectivity index (χ0v) is 19.5. The molecule has 1 amide bonds. The molecule has 0 bridgehead atoms. The number of halogens is 4. The van der Waals surface area contributed by atoms with E-state index in [2.05, 4.69) is 4.74 Å². The van der Waals surface area contributed by atoms with Crippen LogP contribution in [0.15, 0.2) is 51.7 Å². The summed E-state index contributed by atoms with van der Waals surface area (Å²) in [4.78, 5) is 24.6. The maximum absolute atomic E-state index is 12.8. The Hall–Kier alpha value is -3.25. The number of para-hydroxylation sites is 1. The number of sulfonamides is 1. The lowest BCUT2D eigenvalue weighted by molar-refractivity contribution is -0.274. The Bertz CT molecular complexity index is 1460. The van der Waals surface area contributed by atoms with Gasteiger partial charge in [-0.15, -0.1) is 13.2 Å². The van der Waals surface area contributed by atoms with Crippen molar-refractivity contribution in [3.63, 3.8) is 0 Å². The third-order valence-corrected chi connectivity index (χ3v) is 6.07. The predicted molar refractivity (Wildman–Crippen MR) is 120 cm³/mol. The van der Waals surface area contributed by atoms with Crippen LogP contribution < -0.4 is 19.6 Å². The molecule has 1 N–H and O–H groups in total. The van der Waals surface area contributed by atoms with Gasteiger partial charge in [-0.05, 0) is 37.1 Å². The summed E-state index contributed by atoms with van der Waals surface area (Å²) >= 11 is 6.14. The van der Waals surface area contributed by atoms with Crippen molar-refractivity contribution in [2.45, 2.75) is 25.3 Å². The molecule has 0 unspecified atom stereocenters. The third kappa shape index (κ3) is 5.88. The highest BCUT2D eigenvalue weighted by Gasteiger charge is 2.38. The van der Waals surface area contributed by atoms with E-state index in [0.29, 0.717) is 0 Å². The Morgan fingerprint density at radius 1 is 1.17 bits per heavy atom. The second-order valence-corrected chi connectivity index (χ2v) is 10.1. The summed E-state index contributed by atoms with van der Waals surface area (Å²) in [5.41, 5.74) is -0.173. The number of ether oxygens (including phenoxy) is 2. The van der Waals surface area contributed by atoms with Gasteiger partial charge in [-0.2, -0.15) is 0 Å². The number of fused-ring (bicyclic) bond motifs is 1. The van der Waals surface area contributed by atoms with Crippen LogP contribution in [-0.2, 0) is 14.8 Å². The molecule has 186 valence electrons. The van der Waals surface area contributed by atoms with Gasteiger partial charge in [-0.1, -0.05) is 17.7 Å². The van der Waals surface area contributed by atoms with Crippen LogP contribution in [0, 0.1) is 5.92 Å². The lowest BCUT2D eigenvalue weighted by Crippen LogP contribution is -2.45. The van der Waals surface area contributed by atoms with Crippen molar-refractivity contribution in [2.24, 2.45) is 5.92 Å². The highest BCUT2D eigenvalue weighted by atomic mass is 35.5. The molecule has 4 rings (SSSR count). The van der Waals surface area contributed by atoms with Gasteiger partial charge in [-0.3, -0.25) is 14.3 Å². The van der Waals surface area contributed by atoms with Crippen LogP contribution in [0.2, 0.25) is 5.02 Å². The van der Waals surface area contributed by atoms with Gasteiger partial charge in [-0.25, -0.2) is 8.42 Å². The van der Waals surface area contributed by atoms with Gasteiger partial charge in [0.25, 0.3) is 0 Å². The van der Waals surface area contributed by atoms with E-state index < -0.39 is 45.5 Å². The van der Waals surface area contributed by atoms with E-state index in [1.54, 1.807) is 6.07 Å². The van der Waals surface area contributed by atoms with Gasteiger partial charge in [0.15, 0.2) is 11.0 Å². The van der Waals surface area contributed by atoms with Gasteiger partial charge >= 0.3 is 6.36 Å². The summed E-state index contributed by atoms with van der Waals surface area (Å²) in [6.07, 6.45) is -4.47. The smallest absolute Gasteiger partial charge is 0.489 e. The van der Waals surface area contributed by atoms with Crippen molar-refractivity contribution in [3.05, 3.63) is 57.7 Å². The average molecular weight is 532 g/mol. The maximum atomic E-state index is 12.8. The largest absolute Gasteiger partial charge is 0.573 e. The molecule has 1 fully saturated rings. The lowest BCUT2D eigenvalue weighted by atomic mass is 9.82. The second kappa shape index (κ2) is 9.08. The van der Waals surface area contributed by atoms with Gasteiger partial charge in [0, 0.05) is 18.1 Å². The number of nitrogens with one attached hydrogen (secondary N) is 1. The van der Waals surface area contributed by atoms with Gasteiger partial charge < -0.3 is 13.9 Å². The lowest BCUT2D eigenvalue weighted by Gasteiger charge is -2.34. The number of amides is 1. The van der Waals surface area contributed by atoms with Crippen molar-refractivity contribution in [1.82, 2.24) is 4.72 Å². The zero-order chi connectivity index (χ0) is 25.5. The van der Waals surface area contributed by atoms with Crippen LogP contribution in [-0.4, -0.2) is 33.0 Å². The fourth-order valence-electron chi connectivity index (χ4n) is 3.60. The van der Waals surface area contributed by atoms with E-state index in [4.69, 9.17) is 20.8 Å². The monoisotopic (exact) mass is 531 g/mol. The third-order valence-electron chi connectivity index (χ3n) is 5.20. The molecule has 1 heterocycles. The van der Waals surface area contributed by atoms with Crippen LogP contribution in [0.3, 0.4) is 0 Å². The van der Waals surface area contributed by atoms with E-state index in [-0.39, 0.29) is 45.9 Å². The molecule has 8 nitrogen and oxygen atoms in total. The Morgan fingerprint density at radius 2 is 1.89 bits per heavy atom. The molecule has 3 aromatic rings. The molecule has 0 spiro atoms. The highest BCUT2D eigenvalue weighted by molar-refractivity contribution is 7.89. The van der Waals surface area contributed by atoms with Gasteiger partial charge in [0.05, 0.1) is 22.2 Å². The van der Waals surface area contributed by atoms with Crippen LogP contribution in [0.1, 0.15) is 12.8 Å². The SMILES string of the molecule is CS(=O)(=O)NC(=O)[C@H]1C[C@@H](Oc2cc(OC(F)(F)F)ccc2-c2cc(=O)c3cccc(Cl)c3o2)C1. The normalized spacial score (nSPS) is 18.1. The van der Waals surface area contributed by atoms with Gasteiger partial charge in [0.1, 0.15) is 23.4 Å². The molecular formula is C22H17ClF3NO7S. The van der Waals surface area contributed by atoms with Crippen LogP contribution in [0.25, 0.3) is 22.3 Å². The minimum Gasteiger partial charge on any atom is -0.489 e. The topological polar surface area (TPSA) is 112 Å². The van der Waals surface area contributed by atoms with E-state index in [9.17, 15) is 31.2 Å². The molecule has 35 heavy (non-hydrogen) atoms. The fourth-order valence-corrected chi connectivity index (χ4v) is 4.34. The first-order chi connectivity index (χ1) is 16.3. The van der Waals surface area contributed by atoms with Gasteiger partial charge in [0.2, 0.25) is 15.9 Å². The van der Waals surface area contributed by atoms with Crippen molar-refractivity contribution in [1.29, 1.82) is 0 Å². The van der Waals surface area contributed by atoms with Crippen molar-refractivity contribution in [3.8, 4) is 22.8 Å². The Labute approximate surface area is 201 Å². The van der Waals surface area contributed by atoms with Crippen molar-refractivity contribution >= 4 is 38.5 Å². The van der Waals surface area contributed by atoms with Crippen LogP contribution >= 0.6 is 11.6 Å². The summed E-state index contributed by atoms with van der Waals surface area (Å²) in [7, 11) is -3.73. The van der Waals surface area contributed by atoms with Crippen LogP contribution in [0.5, 0.6) is 11.5 Å². The summed E-state index contributed by atoms with van der Waals surface area (Å²) in [5.74, 6) is -2.01. The second-order valence-electron chi connectivity index (χ2n) is 7.94. The van der Waals surface area contributed by atoms with Crippen molar-refractivity contribution < 1.29 is 40.3 Å². The molecular weight excluding hydrogens is 515 g/mol. The summed E-state index contributed by atoms with van der Waals surface area (Å²) < 4.78 is 78.2. The first kappa shape index (κ1) is 24.9. The summed E-state index contributed by atoms with van der Waals surface area (Å²) in [6.45, 7) is 0. The minimum atomic E-state index is -4.95. The molecule has 0 radical (unpaired) electrons. The minimum absolute atomic E-state index is 0.00477. The van der Waals surface area contributed by atoms with Crippen molar-refractivity contribution in [2.75, 3.05) is 6.26 Å². The standard InChI is InChI=1S/C22H17ClF3NO7S/c1-35(30,31)27-21(29)11-7-13(8-11)32-18-9-12(34-22(24,25)26)5-6-15(18)19-10-17(28)14-3-2-4-16(23)20(14)33-19/h2-6,9-11,13H,7-8H2,1H3,(H,27,29)/t11-,13+. The number of benzene rings is 2. The molecule has 13 heteroatoms. The fraction of sp³-hybridized carbons (Fsp3) is 0.273. The number of carbonyl (C=O) groups excluding carboxylic acids is 1. The Balaban J connectivity index is 1.66. The highest BCUT2D eigenvalue weighted by Crippen LogP contribution is 2.40. The van der Waals surface area contributed by atoms with E-state index >= 15 is 0 Å². The molecule has 1 aliphatic carbocycles. The number of alkyl halides is 3. The molecule has 1 aromatic heterocycles. The summed E-state index contributed by atoms with van der Waals surface area (Å²) in [5, 5.41) is 0.388. The van der Waals surface area contributed by atoms with E-state index in [1.165, 1.54) is 18.2 Å². The number of carbonyl (C=O) groups is 1. The molecule has 0 atom stereocenters.